The monoisotopic (exact) mass is 347 g/mol. The van der Waals surface area contributed by atoms with Crippen molar-refractivity contribution in [3.8, 4) is 0 Å². The Labute approximate surface area is 124 Å². The van der Waals surface area contributed by atoms with Crippen LogP contribution in [0.4, 0.5) is 0 Å². The highest BCUT2D eigenvalue weighted by molar-refractivity contribution is 9.10. The van der Waals surface area contributed by atoms with E-state index in [4.69, 9.17) is 27.6 Å². The van der Waals surface area contributed by atoms with Crippen molar-refractivity contribution < 1.29 is 4.42 Å². The molecule has 1 heterocycles. The van der Waals surface area contributed by atoms with E-state index in [2.05, 4.69) is 21.2 Å². The molecule has 2 aromatic rings. The number of furan rings is 1. The van der Waals surface area contributed by atoms with Crippen LogP contribution in [-0.4, -0.2) is 6.54 Å². The molecule has 18 heavy (non-hydrogen) atoms. The largest absolute Gasteiger partial charge is 0.452 e. The van der Waals surface area contributed by atoms with Crippen LogP contribution in [-0.2, 0) is 0 Å². The predicted octanol–water partition coefficient (Wildman–Crippen LogP) is 5.05. The highest BCUT2D eigenvalue weighted by atomic mass is 79.9. The first-order valence-electron chi connectivity index (χ1n) is 5.55. The average molecular weight is 349 g/mol. The van der Waals surface area contributed by atoms with Crippen molar-refractivity contribution in [2.75, 3.05) is 6.54 Å². The summed E-state index contributed by atoms with van der Waals surface area (Å²) in [4.78, 5) is 0. The van der Waals surface area contributed by atoms with Gasteiger partial charge >= 0.3 is 0 Å². The molecule has 0 aliphatic rings. The van der Waals surface area contributed by atoms with Gasteiger partial charge in [-0.25, -0.2) is 0 Å². The Balaban J connectivity index is 2.41. The molecule has 2 rings (SSSR count). The molecule has 1 unspecified atom stereocenters. The number of nitrogens with one attached hydrogen (secondary N) is 1. The third-order valence-corrected chi connectivity index (χ3v) is 3.55. The SMILES string of the molecule is CCNC(c1ccc(Br)o1)c1ccc(Cl)cc1Cl. The molecule has 0 bridgehead atoms. The van der Waals surface area contributed by atoms with Gasteiger partial charge in [0.25, 0.3) is 0 Å². The van der Waals surface area contributed by atoms with Gasteiger partial charge < -0.3 is 9.73 Å². The van der Waals surface area contributed by atoms with Gasteiger partial charge in [0.15, 0.2) is 4.67 Å². The van der Waals surface area contributed by atoms with Gasteiger partial charge in [-0.2, -0.15) is 0 Å². The smallest absolute Gasteiger partial charge is 0.169 e. The Hall–Kier alpha value is -0.480. The number of halogens is 3. The van der Waals surface area contributed by atoms with E-state index in [1.54, 1.807) is 6.07 Å². The van der Waals surface area contributed by atoms with Crippen molar-refractivity contribution >= 4 is 39.1 Å². The lowest BCUT2D eigenvalue weighted by Crippen LogP contribution is -2.21. The van der Waals surface area contributed by atoms with Crippen LogP contribution in [0.25, 0.3) is 0 Å². The molecule has 1 aromatic heterocycles. The minimum atomic E-state index is -0.0777. The summed E-state index contributed by atoms with van der Waals surface area (Å²) in [5, 5.41) is 4.60. The number of hydrogen-bond acceptors (Lipinski definition) is 2. The zero-order valence-electron chi connectivity index (χ0n) is 9.71. The van der Waals surface area contributed by atoms with E-state index in [-0.39, 0.29) is 6.04 Å². The van der Waals surface area contributed by atoms with Crippen molar-refractivity contribution in [3.63, 3.8) is 0 Å². The summed E-state index contributed by atoms with van der Waals surface area (Å²) in [6, 6.07) is 9.18. The Morgan fingerprint density at radius 1 is 1.28 bits per heavy atom. The fourth-order valence-electron chi connectivity index (χ4n) is 1.79. The molecule has 0 saturated carbocycles. The van der Waals surface area contributed by atoms with E-state index in [0.29, 0.717) is 14.7 Å². The molecule has 2 nitrogen and oxygen atoms in total. The summed E-state index contributed by atoms with van der Waals surface area (Å²) < 4.78 is 6.30. The van der Waals surface area contributed by atoms with Crippen LogP contribution in [0, 0.1) is 0 Å². The molecule has 0 radical (unpaired) electrons. The molecule has 96 valence electrons. The maximum atomic E-state index is 6.24. The van der Waals surface area contributed by atoms with Crippen LogP contribution in [0.1, 0.15) is 24.3 Å². The molecule has 0 aliphatic carbocycles. The summed E-state index contributed by atoms with van der Waals surface area (Å²) >= 11 is 15.5. The van der Waals surface area contributed by atoms with Crippen LogP contribution in [0.2, 0.25) is 10.0 Å². The molecule has 0 aliphatic heterocycles. The van der Waals surface area contributed by atoms with Gasteiger partial charge in [-0.05, 0) is 52.3 Å². The number of rotatable bonds is 4. The quantitative estimate of drug-likeness (QED) is 0.836. The van der Waals surface area contributed by atoms with Crippen molar-refractivity contribution in [1.29, 1.82) is 0 Å². The first-order chi connectivity index (χ1) is 8.61. The van der Waals surface area contributed by atoms with Crippen LogP contribution >= 0.6 is 39.1 Å². The molecule has 1 atom stereocenters. The second-order valence-corrected chi connectivity index (χ2v) is 5.42. The highest BCUT2D eigenvalue weighted by Crippen LogP contribution is 2.32. The molecule has 0 fully saturated rings. The van der Waals surface area contributed by atoms with Gasteiger partial charge in [0.1, 0.15) is 5.76 Å². The molecular weight excluding hydrogens is 337 g/mol. The van der Waals surface area contributed by atoms with Gasteiger partial charge in [0.05, 0.1) is 6.04 Å². The number of benzene rings is 1. The van der Waals surface area contributed by atoms with E-state index in [9.17, 15) is 0 Å². The van der Waals surface area contributed by atoms with Crippen molar-refractivity contribution in [1.82, 2.24) is 5.32 Å². The van der Waals surface area contributed by atoms with Gasteiger partial charge in [-0.15, -0.1) is 0 Å². The van der Waals surface area contributed by atoms with Crippen LogP contribution in [0.3, 0.4) is 0 Å². The molecule has 0 amide bonds. The lowest BCUT2D eigenvalue weighted by molar-refractivity contribution is 0.437. The third-order valence-electron chi connectivity index (χ3n) is 2.56. The van der Waals surface area contributed by atoms with E-state index < -0.39 is 0 Å². The molecular formula is C13H12BrCl2NO. The molecule has 1 N–H and O–H groups in total. The minimum Gasteiger partial charge on any atom is -0.452 e. The van der Waals surface area contributed by atoms with E-state index in [1.807, 2.05) is 31.2 Å². The molecule has 5 heteroatoms. The van der Waals surface area contributed by atoms with Crippen LogP contribution < -0.4 is 5.32 Å². The second kappa shape index (κ2) is 6.11. The first kappa shape index (κ1) is 13.9. The maximum Gasteiger partial charge on any atom is 0.169 e. The zero-order chi connectivity index (χ0) is 13.1. The fourth-order valence-corrected chi connectivity index (χ4v) is 2.62. The Bertz CT molecular complexity index is 542. The highest BCUT2D eigenvalue weighted by Gasteiger charge is 2.19. The van der Waals surface area contributed by atoms with Crippen LogP contribution in [0.15, 0.2) is 39.4 Å². The summed E-state index contributed by atoms with van der Waals surface area (Å²) in [6.45, 7) is 2.84. The topological polar surface area (TPSA) is 25.2 Å². The molecule has 0 saturated heterocycles. The standard InChI is InChI=1S/C13H12BrCl2NO/c1-2-17-13(11-5-6-12(14)18-11)9-4-3-8(15)7-10(9)16/h3-7,13,17H,2H2,1H3. The molecule has 1 aromatic carbocycles. The normalized spacial score (nSPS) is 12.7. The van der Waals surface area contributed by atoms with E-state index in [1.165, 1.54) is 0 Å². The van der Waals surface area contributed by atoms with Crippen molar-refractivity contribution in [2.24, 2.45) is 0 Å². The van der Waals surface area contributed by atoms with Gasteiger partial charge in [0.2, 0.25) is 0 Å². The first-order valence-corrected chi connectivity index (χ1v) is 7.10. The fraction of sp³-hybridized carbons (Fsp3) is 0.231. The summed E-state index contributed by atoms with van der Waals surface area (Å²) in [5.74, 6) is 0.813. The minimum absolute atomic E-state index is 0.0777. The molecule has 0 spiro atoms. The second-order valence-electron chi connectivity index (χ2n) is 3.80. The maximum absolute atomic E-state index is 6.24. The van der Waals surface area contributed by atoms with Crippen LogP contribution in [0.5, 0.6) is 0 Å². The van der Waals surface area contributed by atoms with E-state index in [0.717, 1.165) is 17.9 Å². The van der Waals surface area contributed by atoms with Crippen molar-refractivity contribution in [3.05, 3.63) is 56.4 Å². The van der Waals surface area contributed by atoms with Gasteiger partial charge in [0, 0.05) is 10.0 Å². The lowest BCUT2D eigenvalue weighted by atomic mass is 10.0. The summed E-state index contributed by atoms with van der Waals surface area (Å²) in [5.41, 5.74) is 0.949. The Morgan fingerprint density at radius 2 is 2.06 bits per heavy atom. The van der Waals surface area contributed by atoms with Gasteiger partial charge in [-0.3, -0.25) is 0 Å². The van der Waals surface area contributed by atoms with Gasteiger partial charge in [-0.1, -0.05) is 36.2 Å². The third kappa shape index (κ3) is 3.09. The average Bonchev–Trinajstić information content (AvgIpc) is 2.73. The summed E-state index contributed by atoms with van der Waals surface area (Å²) in [6.07, 6.45) is 0. The number of hydrogen-bond donors (Lipinski definition) is 1. The summed E-state index contributed by atoms with van der Waals surface area (Å²) in [7, 11) is 0. The Kier molecular flexibility index (Phi) is 4.73. The zero-order valence-corrected chi connectivity index (χ0v) is 12.8. The lowest BCUT2D eigenvalue weighted by Gasteiger charge is -2.17. The van der Waals surface area contributed by atoms with Crippen molar-refractivity contribution in [2.45, 2.75) is 13.0 Å². The Morgan fingerprint density at radius 3 is 2.61 bits per heavy atom. The predicted molar refractivity (Wildman–Crippen MR) is 78.4 cm³/mol. The van der Waals surface area contributed by atoms with E-state index >= 15 is 0 Å².